The quantitative estimate of drug-likeness (QED) is 0.202. The molecule has 1 aliphatic heterocycles. The summed E-state index contributed by atoms with van der Waals surface area (Å²) < 4.78 is 10.0. The first-order valence-corrected chi connectivity index (χ1v) is 10.9. The van der Waals surface area contributed by atoms with E-state index in [1.807, 2.05) is 21.6 Å². The smallest absolute Gasteiger partial charge is 0.306 e. The molecule has 1 aromatic carbocycles. The van der Waals surface area contributed by atoms with E-state index in [1.165, 1.54) is 37.5 Å². The molecule has 1 atom stereocenters. The minimum atomic E-state index is -0.555. The first-order valence-electron chi connectivity index (χ1n) is 8.55. The number of nitro groups is 1. The van der Waals surface area contributed by atoms with Crippen LogP contribution >= 0.6 is 21.6 Å². The number of non-ortho nitro benzene ring substituents is 1. The molecule has 2 rings (SSSR count). The van der Waals surface area contributed by atoms with E-state index in [4.69, 9.17) is 9.47 Å². The largest absolute Gasteiger partial charge is 0.494 e. The molecule has 27 heavy (non-hydrogen) atoms. The molecule has 0 bridgehead atoms. The van der Waals surface area contributed by atoms with Crippen molar-refractivity contribution in [3.05, 3.63) is 28.3 Å². The average Bonchev–Trinajstić information content (AvgIpc) is 3.17. The topological polar surface area (TPSA) is 108 Å². The van der Waals surface area contributed by atoms with Crippen LogP contribution in [0.3, 0.4) is 0 Å². The summed E-state index contributed by atoms with van der Waals surface area (Å²) in [5, 5.41) is 14.0. The van der Waals surface area contributed by atoms with Gasteiger partial charge in [0.25, 0.3) is 11.6 Å². The second kappa shape index (κ2) is 11.0. The van der Waals surface area contributed by atoms with Crippen molar-refractivity contribution in [3.63, 3.8) is 0 Å². The molecule has 0 radical (unpaired) electrons. The molecule has 0 aliphatic carbocycles. The van der Waals surface area contributed by atoms with Gasteiger partial charge in [-0.15, -0.1) is 0 Å². The van der Waals surface area contributed by atoms with E-state index >= 15 is 0 Å². The van der Waals surface area contributed by atoms with Gasteiger partial charge >= 0.3 is 5.97 Å². The Kier molecular flexibility index (Phi) is 8.73. The standard InChI is InChI=1S/C17H22N2O6S2/c1-24-15-10-12(19(22)23)6-7-14(15)18-16(20)11-25-17(21)5-3-2-4-13-8-9-26-27-13/h6-7,10,13H,2-5,8-9,11H2,1H3,(H,18,20)/t13-/m0/s1. The molecule has 8 nitrogen and oxygen atoms in total. The average molecular weight is 415 g/mol. The van der Waals surface area contributed by atoms with Gasteiger partial charge in [0.2, 0.25) is 0 Å². The van der Waals surface area contributed by atoms with E-state index in [9.17, 15) is 19.7 Å². The van der Waals surface area contributed by atoms with Gasteiger partial charge in [-0.25, -0.2) is 0 Å². The third-order valence-corrected chi connectivity index (χ3v) is 6.93. The maximum atomic E-state index is 11.9. The van der Waals surface area contributed by atoms with Gasteiger partial charge in [0.15, 0.2) is 6.61 Å². The lowest BCUT2D eigenvalue weighted by atomic mass is 10.1. The second-order valence-corrected chi connectivity index (χ2v) is 8.71. The van der Waals surface area contributed by atoms with E-state index in [-0.39, 0.29) is 17.1 Å². The molecule has 0 spiro atoms. The van der Waals surface area contributed by atoms with Crippen molar-refractivity contribution in [2.45, 2.75) is 37.4 Å². The van der Waals surface area contributed by atoms with Crippen LogP contribution in [-0.4, -0.2) is 41.5 Å². The van der Waals surface area contributed by atoms with Crippen LogP contribution in [0.1, 0.15) is 32.1 Å². The Hall–Kier alpha value is -1.94. The minimum Gasteiger partial charge on any atom is -0.494 e. The highest BCUT2D eigenvalue weighted by atomic mass is 33.1. The van der Waals surface area contributed by atoms with Gasteiger partial charge in [-0.1, -0.05) is 28.0 Å². The number of unbranched alkanes of at least 4 members (excludes halogenated alkanes) is 1. The number of rotatable bonds is 10. The predicted molar refractivity (Wildman–Crippen MR) is 106 cm³/mol. The minimum absolute atomic E-state index is 0.147. The molecule has 1 fully saturated rings. The molecule has 148 valence electrons. The Morgan fingerprint density at radius 2 is 2.19 bits per heavy atom. The number of amides is 1. The fraction of sp³-hybridized carbons (Fsp3) is 0.529. The van der Waals surface area contributed by atoms with Gasteiger partial charge in [-0.2, -0.15) is 0 Å². The number of nitrogens with zero attached hydrogens (tertiary/aromatic N) is 1. The number of hydrogen-bond donors (Lipinski definition) is 1. The van der Waals surface area contributed by atoms with Crippen LogP contribution in [0.2, 0.25) is 0 Å². The molecule has 0 unspecified atom stereocenters. The molecule has 1 amide bonds. The molecule has 1 N–H and O–H groups in total. The Balaban J connectivity index is 1.69. The predicted octanol–water partition coefficient (Wildman–Crippen LogP) is 3.80. The summed E-state index contributed by atoms with van der Waals surface area (Å²) in [6, 6.07) is 3.84. The zero-order chi connectivity index (χ0) is 19.6. The number of carbonyl (C=O) groups is 2. The number of nitro benzene ring substituents is 1. The highest BCUT2D eigenvalue weighted by molar-refractivity contribution is 8.77. The van der Waals surface area contributed by atoms with Gasteiger partial charge in [0.1, 0.15) is 5.75 Å². The van der Waals surface area contributed by atoms with E-state index in [2.05, 4.69) is 5.32 Å². The molecule has 1 aliphatic rings. The lowest BCUT2D eigenvalue weighted by Crippen LogP contribution is -2.21. The summed E-state index contributed by atoms with van der Waals surface area (Å²) in [7, 11) is 5.17. The van der Waals surface area contributed by atoms with Crippen LogP contribution < -0.4 is 10.1 Å². The van der Waals surface area contributed by atoms with Gasteiger partial charge in [-0.3, -0.25) is 19.7 Å². The van der Waals surface area contributed by atoms with Crippen molar-refractivity contribution < 1.29 is 24.0 Å². The number of benzene rings is 1. The van der Waals surface area contributed by atoms with Crippen molar-refractivity contribution in [1.82, 2.24) is 0 Å². The van der Waals surface area contributed by atoms with Gasteiger partial charge < -0.3 is 14.8 Å². The van der Waals surface area contributed by atoms with E-state index in [0.29, 0.717) is 11.7 Å². The summed E-state index contributed by atoms with van der Waals surface area (Å²) in [6.07, 6.45) is 4.34. The Bertz CT molecular complexity index is 679. The van der Waals surface area contributed by atoms with Crippen molar-refractivity contribution >= 4 is 44.8 Å². The lowest BCUT2D eigenvalue weighted by Gasteiger charge is -2.10. The maximum absolute atomic E-state index is 11.9. The van der Waals surface area contributed by atoms with Crippen LogP contribution in [0.25, 0.3) is 0 Å². The number of nitrogens with one attached hydrogen (secondary N) is 1. The monoisotopic (exact) mass is 414 g/mol. The normalized spacial score (nSPS) is 16.0. The molecule has 10 heteroatoms. The summed E-state index contributed by atoms with van der Waals surface area (Å²) in [6.45, 7) is -0.409. The van der Waals surface area contributed by atoms with Crippen LogP contribution in [0.4, 0.5) is 11.4 Å². The second-order valence-electron chi connectivity index (χ2n) is 5.93. The van der Waals surface area contributed by atoms with Gasteiger partial charge in [0, 0.05) is 23.5 Å². The number of anilines is 1. The highest BCUT2D eigenvalue weighted by Crippen LogP contribution is 2.39. The van der Waals surface area contributed by atoms with Crippen molar-refractivity contribution in [2.24, 2.45) is 0 Å². The lowest BCUT2D eigenvalue weighted by molar-refractivity contribution is -0.384. The molecule has 0 aromatic heterocycles. The molecular formula is C17H22N2O6S2. The van der Waals surface area contributed by atoms with Crippen LogP contribution in [0, 0.1) is 10.1 Å². The van der Waals surface area contributed by atoms with E-state index in [1.54, 1.807) is 0 Å². The first-order chi connectivity index (χ1) is 13.0. The van der Waals surface area contributed by atoms with Crippen LogP contribution in [0.5, 0.6) is 5.75 Å². The molecule has 1 heterocycles. The fourth-order valence-electron chi connectivity index (χ4n) is 2.51. The Labute approximate surface area is 165 Å². The number of ether oxygens (including phenoxy) is 2. The number of hydrogen-bond acceptors (Lipinski definition) is 8. The highest BCUT2D eigenvalue weighted by Gasteiger charge is 2.17. The number of methoxy groups -OCH3 is 1. The fourth-order valence-corrected chi connectivity index (χ4v) is 5.53. The summed E-state index contributed by atoms with van der Waals surface area (Å²) in [4.78, 5) is 33.9. The third-order valence-electron chi connectivity index (χ3n) is 3.92. The molecule has 0 saturated carbocycles. The van der Waals surface area contributed by atoms with E-state index < -0.39 is 23.4 Å². The first kappa shape index (κ1) is 21.4. The van der Waals surface area contributed by atoms with Crippen molar-refractivity contribution in [3.8, 4) is 5.75 Å². The SMILES string of the molecule is COc1cc([N+](=O)[O-])ccc1NC(=O)COC(=O)CCCC[C@H]1CCSS1. The molecular weight excluding hydrogens is 392 g/mol. The zero-order valence-corrected chi connectivity index (χ0v) is 16.6. The summed E-state index contributed by atoms with van der Waals surface area (Å²) in [5.41, 5.74) is 0.127. The zero-order valence-electron chi connectivity index (χ0n) is 15.0. The van der Waals surface area contributed by atoms with Gasteiger partial charge in [-0.05, 0) is 25.3 Å². The Morgan fingerprint density at radius 1 is 1.37 bits per heavy atom. The molecule has 1 saturated heterocycles. The van der Waals surface area contributed by atoms with E-state index in [0.717, 1.165) is 19.3 Å². The van der Waals surface area contributed by atoms with Crippen molar-refractivity contribution in [1.29, 1.82) is 0 Å². The van der Waals surface area contributed by atoms with Crippen LogP contribution in [0.15, 0.2) is 18.2 Å². The van der Waals surface area contributed by atoms with Gasteiger partial charge in [0.05, 0.1) is 23.8 Å². The molecule has 1 aromatic rings. The summed E-state index contributed by atoms with van der Waals surface area (Å²) >= 11 is 0. The summed E-state index contributed by atoms with van der Waals surface area (Å²) in [5.74, 6) is 0.419. The Morgan fingerprint density at radius 3 is 2.85 bits per heavy atom. The number of esters is 1. The van der Waals surface area contributed by atoms with Crippen molar-refractivity contribution in [2.75, 3.05) is 24.8 Å². The number of carbonyl (C=O) groups excluding carboxylic acids is 2. The van der Waals surface area contributed by atoms with Crippen LogP contribution in [-0.2, 0) is 14.3 Å². The third kappa shape index (κ3) is 7.30. The maximum Gasteiger partial charge on any atom is 0.306 e.